The van der Waals surface area contributed by atoms with Gasteiger partial charge in [-0.2, -0.15) is 0 Å². The van der Waals surface area contributed by atoms with Crippen LogP contribution in [0.2, 0.25) is 0 Å². The number of phenolic OH excluding ortho intramolecular Hbond substituents is 2. The Hall–Kier alpha value is -1.82. The Kier molecular flexibility index (Phi) is 2.89. The maximum Gasteiger partial charge on any atom is 0.307 e. The molecule has 0 spiro atoms. The zero-order chi connectivity index (χ0) is 12.6. The first-order valence-electron chi connectivity index (χ1n) is 5.17. The highest BCUT2D eigenvalue weighted by Gasteiger charge is 2.33. The summed E-state index contributed by atoms with van der Waals surface area (Å²) in [6.07, 6.45) is 0.184. The molecular formula is C11H12FNO4. The summed E-state index contributed by atoms with van der Waals surface area (Å²) in [5, 5.41) is 30.5. The number of hydrogen-bond acceptors (Lipinski definition) is 4. The second-order valence-electron chi connectivity index (χ2n) is 4.06. The van der Waals surface area contributed by atoms with Gasteiger partial charge in [0.2, 0.25) is 0 Å². The number of carboxylic acid groups (broad SMARTS) is 1. The average Bonchev–Trinajstić information content (AvgIpc) is 2.73. The zero-order valence-corrected chi connectivity index (χ0v) is 8.85. The highest BCUT2D eigenvalue weighted by atomic mass is 19.1. The number of hydrogen-bond donors (Lipinski definition) is 4. The van der Waals surface area contributed by atoms with Crippen LogP contribution in [0.4, 0.5) is 4.39 Å². The summed E-state index contributed by atoms with van der Waals surface area (Å²) in [5.74, 6) is -3.18. The van der Waals surface area contributed by atoms with Crippen molar-refractivity contribution in [1.82, 2.24) is 5.32 Å². The van der Waals surface area contributed by atoms with Crippen LogP contribution in [0.25, 0.3) is 0 Å². The molecule has 0 saturated carbocycles. The molecule has 1 fully saturated rings. The molecule has 1 heterocycles. The lowest BCUT2D eigenvalue weighted by molar-refractivity contribution is -0.141. The summed E-state index contributed by atoms with van der Waals surface area (Å²) in [5.41, 5.74) is -0.0752. The van der Waals surface area contributed by atoms with Crippen LogP contribution in [0.15, 0.2) is 12.1 Å². The second kappa shape index (κ2) is 4.21. The Bertz CT molecular complexity index is 463. The van der Waals surface area contributed by atoms with E-state index in [2.05, 4.69) is 5.32 Å². The molecule has 0 amide bonds. The molecule has 6 heteroatoms. The number of rotatable bonds is 2. The maximum atomic E-state index is 13.6. The average molecular weight is 241 g/mol. The Morgan fingerprint density at radius 1 is 1.41 bits per heavy atom. The van der Waals surface area contributed by atoms with Gasteiger partial charge in [0.15, 0.2) is 11.5 Å². The molecule has 1 saturated heterocycles. The van der Waals surface area contributed by atoms with E-state index in [1.807, 2.05) is 0 Å². The van der Waals surface area contributed by atoms with E-state index >= 15 is 0 Å². The molecule has 1 aliphatic rings. The van der Waals surface area contributed by atoms with Gasteiger partial charge in [0.05, 0.1) is 11.5 Å². The molecular weight excluding hydrogens is 229 g/mol. The van der Waals surface area contributed by atoms with Gasteiger partial charge in [0.25, 0.3) is 0 Å². The van der Waals surface area contributed by atoms with Crippen molar-refractivity contribution in [1.29, 1.82) is 0 Å². The zero-order valence-electron chi connectivity index (χ0n) is 8.85. The van der Waals surface area contributed by atoms with Crippen LogP contribution >= 0.6 is 0 Å². The van der Waals surface area contributed by atoms with Gasteiger partial charge in [-0.15, -0.1) is 0 Å². The van der Waals surface area contributed by atoms with Crippen LogP contribution in [0.3, 0.4) is 0 Å². The molecule has 2 unspecified atom stereocenters. The molecule has 2 atom stereocenters. The molecule has 1 aliphatic heterocycles. The highest BCUT2D eigenvalue weighted by molar-refractivity contribution is 5.71. The normalized spacial score (nSPS) is 23.8. The Balaban J connectivity index is 2.30. The van der Waals surface area contributed by atoms with Gasteiger partial charge in [-0.05, 0) is 18.6 Å². The van der Waals surface area contributed by atoms with Crippen molar-refractivity contribution in [2.24, 2.45) is 5.92 Å². The van der Waals surface area contributed by atoms with Crippen LogP contribution in [0.1, 0.15) is 18.0 Å². The van der Waals surface area contributed by atoms with Gasteiger partial charge < -0.3 is 20.6 Å². The molecule has 92 valence electrons. The molecule has 0 radical (unpaired) electrons. The van der Waals surface area contributed by atoms with Crippen molar-refractivity contribution in [2.45, 2.75) is 12.5 Å². The Morgan fingerprint density at radius 2 is 2.12 bits per heavy atom. The summed E-state index contributed by atoms with van der Waals surface area (Å²) >= 11 is 0. The molecule has 0 aromatic heterocycles. The predicted molar refractivity (Wildman–Crippen MR) is 56.2 cm³/mol. The Morgan fingerprint density at radius 3 is 2.71 bits per heavy atom. The quantitative estimate of drug-likeness (QED) is 0.579. The number of aliphatic carboxylic acids is 1. The number of nitrogens with one attached hydrogen (secondary N) is 1. The number of carboxylic acids is 1. The van der Waals surface area contributed by atoms with Gasteiger partial charge >= 0.3 is 5.97 Å². The summed E-state index contributed by atoms with van der Waals surface area (Å²) in [6, 6.07) is 1.50. The molecule has 4 N–H and O–H groups in total. The number of carbonyl (C=O) groups is 1. The summed E-state index contributed by atoms with van der Waals surface area (Å²) in [7, 11) is 0. The van der Waals surface area contributed by atoms with Crippen molar-refractivity contribution in [2.75, 3.05) is 6.54 Å². The van der Waals surface area contributed by atoms with Crippen molar-refractivity contribution in [3.05, 3.63) is 23.5 Å². The van der Waals surface area contributed by atoms with E-state index < -0.39 is 35.2 Å². The Labute approximate surface area is 96.5 Å². The van der Waals surface area contributed by atoms with Crippen LogP contribution in [0.5, 0.6) is 11.5 Å². The van der Waals surface area contributed by atoms with Crippen molar-refractivity contribution in [3.63, 3.8) is 0 Å². The third-order valence-electron chi connectivity index (χ3n) is 2.97. The van der Waals surface area contributed by atoms with Crippen LogP contribution in [0, 0.1) is 11.7 Å². The van der Waals surface area contributed by atoms with Crippen LogP contribution in [-0.2, 0) is 4.79 Å². The minimum absolute atomic E-state index is 0.0752. The van der Waals surface area contributed by atoms with E-state index in [-0.39, 0.29) is 18.5 Å². The lowest BCUT2D eigenvalue weighted by atomic mass is 9.98. The largest absolute Gasteiger partial charge is 0.504 e. The first kappa shape index (κ1) is 11.7. The SMILES string of the molecule is O=C(O)C1CNC(c2c(F)ccc(O)c2O)C1. The van der Waals surface area contributed by atoms with Crippen molar-refractivity contribution < 1.29 is 24.5 Å². The van der Waals surface area contributed by atoms with Gasteiger partial charge in [0.1, 0.15) is 5.82 Å². The van der Waals surface area contributed by atoms with Crippen LogP contribution < -0.4 is 5.32 Å². The lowest BCUT2D eigenvalue weighted by Gasteiger charge is -2.14. The van der Waals surface area contributed by atoms with Crippen LogP contribution in [-0.4, -0.2) is 27.8 Å². The van der Waals surface area contributed by atoms with Gasteiger partial charge in [0, 0.05) is 12.6 Å². The van der Waals surface area contributed by atoms with E-state index in [4.69, 9.17) is 5.11 Å². The van der Waals surface area contributed by atoms with Crippen molar-refractivity contribution >= 4 is 5.97 Å². The molecule has 1 aromatic carbocycles. The number of halogens is 1. The van der Waals surface area contributed by atoms with E-state index in [0.29, 0.717) is 0 Å². The first-order chi connectivity index (χ1) is 8.00. The third-order valence-corrected chi connectivity index (χ3v) is 2.97. The standard InChI is InChI=1S/C11H12FNO4/c12-6-1-2-8(14)10(15)9(6)7-3-5(4-13-7)11(16)17/h1-2,5,7,13-15H,3-4H2,(H,16,17). The predicted octanol–water partition coefficient (Wildman–Crippen LogP) is 0.972. The molecule has 1 aromatic rings. The number of phenols is 2. The molecule has 0 aliphatic carbocycles. The molecule has 2 rings (SSSR count). The fourth-order valence-corrected chi connectivity index (χ4v) is 2.05. The molecule has 17 heavy (non-hydrogen) atoms. The first-order valence-corrected chi connectivity index (χ1v) is 5.17. The summed E-state index contributed by atoms with van der Waals surface area (Å²) in [4.78, 5) is 10.8. The van der Waals surface area contributed by atoms with Gasteiger partial charge in [-0.25, -0.2) is 4.39 Å². The minimum atomic E-state index is -0.958. The third kappa shape index (κ3) is 2.03. The van der Waals surface area contributed by atoms with E-state index in [9.17, 15) is 19.4 Å². The summed E-state index contributed by atoms with van der Waals surface area (Å²) < 4.78 is 13.6. The highest BCUT2D eigenvalue weighted by Crippen LogP contribution is 2.39. The van der Waals surface area contributed by atoms with E-state index in [0.717, 1.165) is 12.1 Å². The minimum Gasteiger partial charge on any atom is -0.504 e. The van der Waals surface area contributed by atoms with Gasteiger partial charge in [-0.3, -0.25) is 4.79 Å². The number of benzene rings is 1. The van der Waals surface area contributed by atoms with E-state index in [1.165, 1.54) is 0 Å². The van der Waals surface area contributed by atoms with E-state index in [1.54, 1.807) is 0 Å². The van der Waals surface area contributed by atoms with Crippen molar-refractivity contribution in [3.8, 4) is 11.5 Å². The second-order valence-corrected chi connectivity index (χ2v) is 4.06. The fourth-order valence-electron chi connectivity index (χ4n) is 2.05. The number of aromatic hydroxyl groups is 2. The monoisotopic (exact) mass is 241 g/mol. The topological polar surface area (TPSA) is 89.8 Å². The summed E-state index contributed by atoms with van der Waals surface area (Å²) in [6.45, 7) is 0.217. The molecule has 0 bridgehead atoms. The smallest absolute Gasteiger partial charge is 0.307 e. The van der Waals surface area contributed by atoms with Gasteiger partial charge in [-0.1, -0.05) is 0 Å². The molecule has 5 nitrogen and oxygen atoms in total. The lowest BCUT2D eigenvalue weighted by Crippen LogP contribution is -2.17. The maximum absolute atomic E-state index is 13.6. The fraction of sp³-hybridized carbons (Fsp3) is 0.364.